The quantitative estimate of drug-likeness (QED) is 0.922. The molecule has 0 atom stereocenters. The van der Waals surface area contributed by atoms with Gasteiger partial charge in [-0.2, -0.15) is 0 Å². The second-order valence-electron chi connectivity index (χ2n) is 5.70. The SMILES string of the molecule is CN(C)C1CCN(C(=O)c2sc3cnccc3c2N)CC1. The largest absolute Gasteiger partial charge is 0.397 e. The molecule has 2 aromatic rings. The lowest BCUT2D eigenvalue weighted by Crippen LogP contribution is -2.44. The van der Waals surface area contributed by atoms with Gasteiger partial charge >= 0.3 is 0 Å². The van der Waals surface area contributed by atoms with E-state index in [-0.39, 0.29) is 5.91 Å². The first-order chi connectivity index (χ1) is 10.1. The van der Waals surface area contributed by atoms with Crippen molar-refractivity contribution in [2.24, 2.45) is 0 Å². The Morgan fingerprint density at radius 3 is 2.76 bits per heavy atom. The van der Waals surface area contributed by atoms with Gasteiger partial charge in [0.1, 0.15) is 4.88 Å². The predicted molar refractivity (Wildman–Crippen MR) is 86.6 cm³/mol. The van der Waals surface area contributed by atoms with Gasteiger partial charge in [-0.3, -0.25) is 9.78 Å². The van der Waals surface area contributed by atoms with Crippen LogP contribution in [-0.4, -0.2) is 53.9 Å². The number of carbonyl (C=O) groups is 1. The molecule has 0 unspecified atom stereocenters. The first-order valence-corrected chi connectivity index (χ1v) is 7.97. The van der Waals surface area contributed by atoms with Gasteiger partial charge in [0.05, 0.1) is 10.4 Å². The molecule has 2 N–H and O–H groups in total. The third kappa shape index (κ3) is 2.61. The molecule has 0 aliphatic carbocycles. The van der Waals surface area contributed by atoms with Gasteiger partial charge in [-0.15, -0.1) is 11.3 Å². The highest BCUT2D eigenvalue weighted by Crippen LogP contribution is 2.34. The minimum absolute atomic E-state index is 0.0610. The molecule has 3 rings (SSSR count). The van der Waals surface area contributed by atoms with Gasteiger partial charge in [0, 0.05) is 36.9 Å². The van der Waals surface area contributed by atoms with Gasteiger partial charge in [0.2, 0.25) is 0 Å². The Morgan fingerprint density at radius 2 is 2.14 bits per heavy atom. The second kappa shape index (κ2) is 5.61. The first-order valence-electron chi connectivity index (χ1n) is 7.15. The van der Waals surface area contributed by atoms with Crippen LogP contribution in [-0.2, 0) is 0 Å². The van der Waals surface area contributed by atoms with Crippen LogP contribution in [0.3, 0.4) is 0 Å². The van der Waals surface area contributed by atoms with E-state index >= 15 is 0 Å². The van der Waals surface area contributed by atoms with Gasteiger partial charge in [-0.05, 0) is 33.0 Å². The molecular formula is C15H20N4OS. The van der Waals surface area contributed by atoms with Crippen molar-refractivity contribution in [1.29, 1.82) is 0 Å². The van der Waals surface area contributed by atoms with Crippen molar-refractivity contribution in [2.45, 2.75) is 18.9 Å². The molecule has 1 fully saturated rings. The molecule has 3 heterocycles. The summed E-state index contributed by atoms with van der Waals surface area (Å²) in [6, 6.07) is 2.44. The highest BCUT2D eigenvalue weighted by atomic mass is 32.1. The minimum Gasteiger partial charge on any atom is -0.397 e. The van der Waals surface area contributed by atoms with Crippen LogP contribution in [0.25, 0.3) is 10.1 Å². The number of anilines is 1. The van der Waals surface area contributed by atoms with E-state index in [0.29, 0.717) is 16.6 Å². The van der Waals surface area contributed by atoms with E-state index in [9.17, 15) is 4.79 Å². The number of hydrogen-bond acceptors (Lipinski definition) is 5. The number of fused-ring (bicyclic) bond motifs is 1. The minimum atomic E-state index is 0.0610. The summed E-state index contributed by atoms with van der Waals surface area (Å²) in [7, 11) is 4.19. The molecule has 112 valence electrons. The van der Waals surface area contributed by atoms with Crippen molar-refractivity contribution in [3.63, 3.8) is 0 Å². The van der Waals surface area contributed by atoms with Gasteiger partial charge in [0.15, 0.2) is 0 Å². The highest BCUT2D eigenvalue weighted by Gasteiger charge is 2.27. The van der Waals surface area contributed by atoms with Gasteiger partial charge in [0.25, 0.3) is 5.91 Å². The zero-order chi connectivity index (χ0) is 15.0. The van der Waals surface area contributed by atoms with Crippen LogP contribution < -0.4 is 5.73 Å². The number of rotatable bonds is 2. The molecule has 1 aliphatic heterocycles. The average Bonchev–Trinajstić information content (AvgIpc) is 2.84. The zero-order valence-electron chi connectivity index (χ0n) is 12.4. The topological polar surface area (TPSA) is 62.5 Å². The summed E-state index contributed by atoms with van der Waals surface area (Å²) in [5.41, 5.74) is 6.74. The molecule has 0 bridgehead atoms. The molecule has 1 saturated heterocycles. The zero-order valence-corrected chi connectivity index (χ0v) is 13.2. The lowest BCUT2D eigenvalue weighted by Gasteiger charge is -2.35. The van der Waals surface area contributed by atoms with Crippen molar-refractivity contribution in [3.8, 4) is 0 Å². The fraction of sp³-hybridized carbons (Fsp3) is 0.467. The Hall–Kier alpha value is -1.66. The summed E-state index contributed by atoms with van der Waals surface area (Å²) in [5.74, 6) is 0.0610. The van der Waals surface area contributed by atoms with Crippen molar-refractivity contribution in [1.82, 2.24) is 14.8 Å². The smallest absolute Gasteiger partial charge is 0.266 e. The van der Waals surface area contributed by atoms with Crippen molar-refractivity contribution in [3.05, 3.63) is 23.3 Å². The number of hydrogen-bond donors (Lipinski definition) is 1. The fourth-order valence-corrected chi connectivity index (χ4v) is 3.92. The van der Waals surface area contributed by atoms with Crippen molar-refractivity contribution >= 4 is 33.0 Å². The first kappa shape index (κ1) is 14.3. The molecule has 2 aromatic heterocycles. The number of nitrogen functional groups attached to an aromatic ring is 1. The summed E-state index contributed by atoms with van der Waals surface area (Å²) in [5, 5.41) is 0.932. The summed E-state index contributed by atoms with van der Waals surface area (Å²) >= 11 is 1.44. The van der Waals surface area contributed by atoms with Crippen LogP contribution in [0.2, 0.25) is 0 Å². The van der Waals surface area contributed by atoms with Crippen LogP contribution >= 0.6 is 11.3 Å². The van der Waals surface area contributed by atoms with Gasteiger partial charge < -0.3 is 15.5 Å². The Labute approximate surface area is 128 Å². The summed E-state index contributed by atoms with van der Waals surface area (Å²) in [6.45, 7) is 1.60. The van der Waals surface area contributed by atoms with E-state index in [1.807, 2.05) is 11.0 Å². The van der Waals surface area contributed by atoms with Gasteiger partial charge in [-0.25, -0.2) is 0 Å². The molecule has 1 amide bonds. The molecule has 5 nitrogen and oxygen atoms in total. The fourth-order valence-electron chi connectivity index (χ4n) is 2.86. The van der Waals surface area contributed by atoms with Crippen molar-refractivity contribution in [2.75, 3.05) is 32.9 Å². The Balaban J connectivity index is 1.80. The van der Waals surface area contributed by atoms with Gasteiger partial charge in [-0.1, -0.05) is 0 Å². The van der Waals surface area contributed by atoms with Crippen LogP contribution in [0, 0.1) is 0 Å². The number of thiophene rings is 1. The normalized spacial score (nSPS) is 16.8. The maximum Gasteiger partial charge on any atom is 0.266 e. The Bertz CT molecular complexity index is 659. The maximum absolute atomic E-state index is 12.7. The van der Waals surface area contributed by atoms with Crippen LogP contribution in [0.1, 0.15) is 22.5 Å². The number of carbonyl (C=O) groups excluding carboxylic acids is 1. The molecule has 21 heavy (non-hydrogen) atoms. The molecule has 1 aliphatic rings. The summed E-state index contributed by atoms with van der Waals surface area (Å²) in [6.07, 6.45) is 5.52. The standard InChI is InChI=1S/C15H20N4OS/c1-18(2)10-4-7-19(8-5-10)15(20)14-13(16)11-3-6-17-9-12(11)21-14/h3,6,9-10H,4-5,7-8,16H2,1-2H3. The van der Waals surface area contributed by atoms with Crippen LogP contribution in [0.15, 0.2) is 18.5 Å². The van der Waals surface area contributed by atoms with E-state index in [4.69, 9.17) is 5.73 Å². The molecule has 6 heteroatoms. The number of aromatic nitrogens is 1. The predicted octanol–water partition coefficient (Wildman–Crippen LogP) is 2.04. The molecule has 0 saturated carbocycles. The Morgan fingerprint density at radius 1 is 1.43 bits per heavy atom. The van der Waals surface area contributed by atoms with E-state index in [2.05, 4.69) is 24.0 Å². The average molecular weight is 304 g/mol. The lowest BCUT2D eigenvalue weighted by molar-refractivity contribution is 0.0669. The van der Waals surface area contributed by atoms with E-state index < -0.39 is 0 Å². The highest BCUT2D eigenvalue weighted by molar-refractivity contribution is 7.21. The molecule has 0 spiro atoms. The third-order valence-electron chi connectivity index (χ3n) is 4.21. The number of nitrogens with zero attached hydrogens (tertiary/aromatic N) is 3. The molecular weight excluding hydrogens is 284 g/mol. The number of likely N-dealkylation sites (tertiary alicyclic amines) is 1. The van der Waals surface area contributed by atoms with Crippen LogP contribution in [0.5, 0.6) is 0 Å². The van der Waals surface area contributed by atoms with E-state index in [1.165, 1.54) is 11.3 Å². The number of amides is 1. The van der Waals surface area contributed by atoms with Crippen LogP contribution in [0.4, 0.5) is 5.69 Å². The Kier molecular flexibility index (Phi) is 3.82. The lowest BCUT2D eigenvalue weighted by atomic mass is 10.0. The summed E-state index contributed by atoms with van der Waals surface area (Å²) in [4.78, 5) is 21.6. The number of nitrogens with two attached hydrogens (primary N) is 1. The number of pyridine rings is 1. The monoisotopic (exact) mass is 304 g/mol. The van der Waals surface area contributed by atoms with E-state index in [0.717, 1.165) is 36.0 Å². The molecule has 0 radical (unpaired) electrons. The second-order valence-corrected chi connectivity index (χ2v) is 6.76. The van der Waals surface area contributed by atoms with Crippen molar-refractivity contribution < 1.29 is 4.79 Å². The van der Waals surface area contributed by atoms with E-state index in [1.54, 1.807) is 12.4 Å². The third-order valence-corrected chi connectivity index (χ3v) is 5.35. The maximum atomic E-state index is 12.7. The summed E-state index contributed by atoms with van der Waals surface area (Å²) < 4.78 is 0.974. The number of piperidine rings is 1. The molecule has 0 aromatic carbocycles.